The Bertz CT molecular complexity index is 873. The van der Waals surface area contributed by atoms with Crippen LogP contribution in [0.15, 0.2) is 59.0 Å². The molecule has 0 saturated carbocycles. The topological polar surface area (TPSA) is 32.3 Å². The van der Waals surface area contributed by atoms with Crippen molar-refractivity contribution in [2.75, 3.05) is 0 Å². The second kappa shape index (κ2) is 4.20. The smallest absolute Gasteiger partial charge is 0.136 e. The summed E-state index contributed by atoms with van der Waals surface area (Å²) in [6, 6.07) is 4.59. The molecule has 0 fully saturated rings. The number of allylic oxidation sites excluding steroid dienone is 2. The average Bonchev–Trinajstić information content (AvgIpc) is 2.65. The maximum Gasteiger partial charge on any atom is 0.136 e. The van der Waals surface area contributed by atoms with E-state index in [0.717, 1.165) is 5.57 Å². The van der Waals surface area contributed by atoms with Gasteiger partial charge < -0.3 is 5.11 Å². The van der Waals surface area contributed by atoms with Crippen LogP contribution in [-0.4, -0.2) is 10.6 Å². The molecular formula is C19H17F2NO. The highest BCUT2D eigenvalue weighted by Crippen LogP contribution is 2.57. The molecule has 1 spiro atoms. The molecule has 2 aliphatic carbocycles. The van der Waals surface area contributed by atoms with Crippen molar-refractivity contribution in [3.05, 3.63) is 70.1 Å². The van der Waals surface area contributed by atoms with Crippen LogP contribution in [0.1, 0.15) is 31.9 Å². The standard InChI is InChI=1S/C19H17F2NO/c1-10-9-18(2,3)22-19-13-5-4-11(23)8-12(13)17(21)14(19)6-7-15(20)16(10)19/h4-9,22-23H,1-3H3. The van der Waals surface area contributed by atoms with Crippen LogP contribution in [0.2, 0.25) is 0 Å². The summed E-state index contributed by atoms with van der Waals surface area (Å²) in [5.41, 5.74) is 1.12. The summed E-state index contributed by atoms with van der Waals surface area (Å²) in [6.07, 6.45) is 4.76. The Morgan fingerprint density at radius 2 is 1.87 bits per heavy atom. The van der Waals surface area contributed by atoms with Crippen molar-refractivity contribution in [3.8, 4) is 5.75 Å². The van der Waals surface area contributed by atoms with Gasteiger partial charge in [-0.05, 0) is 50.1 Å². The zero-order valence-corrected chi connectivity index (χ0v) is 13.2. The Morgan fingerprint density at radius 3 is 2.61 bits per heavy atom. The normalized spacial score (nSPS) is 27.6. The molecule has 0 saturated heterocycles. The van der Waals surface area contributed by atoms with E-state index in [9.17, 15) is 9.50 Å². The van der Waals surface area contributed by atoms with Gasteiger partial charge in [-0.25, -0.2) is 8.78 Å². The summed E-state index contributed by atoms with van der Waals surface area (Å²) in [4.78, 5) is 0. The molecule has 1 aliphatic heterocycles. The van der Waals surface area contributed by atoms with Crippen LogP contribution in [0.4, 0.5) is 8.78 Å². The van der Waals surface area contributed by atoms with Crippen LogP contribution in [-0.2, 0) is 5.54 Å². The Hall–Kier alpha value is -2.20. The quantitative estimate of drug-likeness (QED) is 0.744. The van der Waals surface area contributed by atoms with Crippen LogP contribution in [0.5, 0.6) is 5.75 Å². The lowest BCUT2D eigenvalue weighted by Gasteiger charge is -2.47. The summed E-state index contributed by atoms with van der Waals surface area (Å²) in [5, 5.41) is 13.2. The molecule has 0 bridgehead atoms. The predicted octanol–water partition coefficient (Wildman–Crippen LogP) is 4.40. The van der Waals surface area contributed by atoms with E-state index in [0.29, 0.717) is 22.3 Å². The van der Waals surface area contributed by atoms with Crippen molar-refractivity contribution >= 4 is 5.83 Å². The van der Waals surface area contributed by atoms with E-state index in [1.165, 1.54) is 24.3 Å². The van der Waals surface area contributed by atoms with Gasteiger partial charge in [-0.3, -0.25) is 5.32 Å². The monoisotopic (exact) mass is 313 g/mol. The first-order valence-electron chi connectivity index (χ1n) is 7.58. The molecule has 0 aromatic heterocycles. The second-order valence-corrected chi connectivity index (χ2v) is 6.94. The maximum atomic E-state index is 15.0. The lowest BCUT2D eigenvalue weighted by Crippen LogP contribution is -2.57. The Kier molecular flexibility index (Phi) is 2.63. The van der Waals surface area contributed by atoms with Crippen molar-refractivity contribution < 1.29 is 13.9 Å². The van der Waals surface area contributed by atoms with Crippen LogP contribution < -0.4 is 5.32 Å². The molecule has 1 unspecified atom stereocenters. The molecule has 118 valence electrons. The number of fused-ring (bicyclic) bond motifs is 1. The minimum atomic E-state index is -1.05. The number of hydrogen-bond donors (Lipinski definition) is 2. The lowest BCUT2D eigenvalue weighted by molar-refractivity contribution is 0.332. The van der Waals surface area contributed by atoms with E-state index in [2.05, 4.69) is 5.32 Å². The van der Waals surface area contributed by atoms with Crippen molar-refractivity contribution in [2.24, 2.45) is 0 Å². The Morgan fingerprint density at radius 1 is 1.13 bits per heavy atom. The van der Waals surface area contributed by atoms with E-state index in [4.69, 9.17) is 0 Å². The predicted molar refractivity (Wildman–Crippen MR) is 86.1 cm³/mol. The van der Waals surface area contributed by atoms with E-state index in [1.54, 1.807) is 6.07 Å². The first-order chi connectivity index (χ1) is 10.8. The molecule has 1 aromatic rings. The van der Waals surface area contributed by atoms with Crippen molar-refractivity contribution in [1.29, 1.82) is 0 Å². The van der Waals surface area contributed by atoms with E-state index >= 15 is 4.39 Å². The van der Waals surface area contributed by atoms with Gasteiger partial charge in [0.25, 0.3) is 0 Å². The molecular weight excluding hydrogens is 296 g/mol. The molecule has 2 N–H and O–H groups in total. The molecule has 1 atom stereocenters. The molecule has 0 radical (unpaired) electrons. The van der Waals surface area contributed by atoms with Gasteiger partial charge in [0.05, 0.1) is 0 Å². The Balaban J connectivity index is 2.13. The number of nitrogens with one attached hydrogen (secondary N) is 1. The van der Waals surface area contributed by atoms with Gasteiger partial charge in [-0.1, -0.05) is 18.2 Å². The number of benzene rings is 1. The van der Waals surface area contributed by atoms with Gasteiger partial charge in [0.2, 0.25) is 0 Å². The molecule has 23 heavy (non-hydrogen) atoms. The highest BCUT2D eigenvalue weighted by Gasteiger charge is 2.54. The molecule has 0 amide bonds. The molecule has 4 heteroatoms. The van der Waals surface area contributed by atoms with Gasteiger partial charge >= 0.3 is 0 Å². The number of halogens is 2. The summed E-state index contributed by atoms with van der Waals surface area (Å²) >= 11 is 0. The van der Waals surface area contributed by atoms with E-state index in [-0.39, 0.29) is 11.6 Å². The second-order valence-electron chi connectivity index (χ2n) is 6.94. The molecule has 2 nitrogen and oxygen atoms in total. The van der Waals surface area contributed by atoms with Gasteiger partial charge in [0.1, 0.15) is 22.9 Å². The SMILES string of the molecule is CC1=CC(C)(C)NC23C(=C(F)c4cc(O)ccc42)C=CC(F)=C13. The number of rotatable bonds is 0. The minimum Gasteiger partial charge on any atom is -0.508 e. The fourth-order valence-corrected chi connectivity index (χ4v) is 4.20. The third kappa shape index (κ3) is 1.70. The van der Waals surface area contributed by atoms with Crippen LogP contribution in [0, 0.1) is 0 Å². The highest BCUT2D eigenvalue weighted by atomic mass is 19.1. The zero-order valence-electron chi connectivity index (χ0n) is 13.2. The summed E-state index contributed by atoms with van der Waals surface area (Å²) in [7, 11) is 0. The first-order valence-corrected chi connectivity index (χ1v) is 7.58. The number of aromatic hydroxyl groups is 1. The fraction of sp³-hybridized carbons (Fsp3) is 0.263. The molecule has 1 heterocycles. The first kappa shape index (κ1) is 14.4. The molecule has 1 aromatic carbocycles. The van der Waals surface area contributed by atoms with Crippen molar-refractivity contribution in [1.82, 2.24) is 5.32 Å². The van der Waals surface area contributed by atoms with Crippen LogP contribution >= 0.6 is 0 Å². The third-order valence-corrected chi connectivity index (χ3v) is 4.78. The van der Waals surface area contributed by atoms with E-state index < -0.39 is 16.9 Å². The maximum absolute atomic E-state index is 15.0. The average molecular weight is 313 g/mol. The number of hydrogen-bond acceptors (Lipinski definition) is 2. The van der Waals surface area contributed by atoms with Gasteiger partial charge in [-0.15, -0.1) is 0 Å². The third-order valence-electron chi connectivity index (χ3n) is 4.78. The summed E-state index contributed by atoms with van der Waals surface area (Å²) in [6.45, 7) is 5.81. The van der Waals surface area contributed by atoms with Crippen LogP contribution in [0.3, 0.4) is 0 Å². The number of phenols is 1. The summed E-state index contributed by atoms with van der Waals surface area (Å²) in [5.74, 6) is -0.791. The largest absolute Gasteiger partial charge is 0.508 e. The lowest BCUT2D eigenvalue weighted by atomic mass is 9.69. The van der Waals surface area contributed by atoms with E-state index in [1.807, 2.05) is 26.8 Å². The highest BCUT2D eigenvalue weighted by molar-refractivity contribution is 5.84. The summed E-state index contributed by atoms with van der Waals surface area (Å²) < 4.78 is 29.7. The van der Waals surface area contributed by atoms with Crippen molar-refractivity contribution in [2.45, 2.75) is 31.8 Å². The number of phenolic OH excluding ortho intramolecular Hbond substituents is 1. The molecule has 4 rings (SSSR count). The minimum absolute atomic E-state index is 0.00754. The zero-order chi connectivity index (χ0) is 16.6. The van der Waals surface area contributed by atoms with Gasteiger partial charge in [0, 0.05) is 22.2 Å². The molecule has 3 aliphatic rings. The Labute approximate surface area is 133 Å². The fourth-order valence-electron chi connectivity index (χ4n) is 4.20. The van der Waals surface area contributed by atoms with Gasteiger partial charge in [-0.2, -0.15) is 0 Å². The van der Waals surface area contributed by atoms with Crippen molar-refractivity contribution in [3.63, 3.8) is 0 Å². The van der Waals surface area contributed by atoms with Crippen LogP contribution in [0.25, 0.3) is 5.83 Å². The van der Waals surface area contributed by atoms with Gasteiger partial charge in [0.15, 0.2) is 0 Å².